The van der Waals surface area contributed by atoms with Gasteiger partial charge in [-0.1, -0.05) is 5.16 Å². The molecule has 0 saturated heterocycles. The first-order chi connectivity index (χ1) is 19.4. The average molecular weight is 574 g/mol. The SMILES string of the molecule is Cc1cc(CNC(=O)N(C)C2=C(C=O)N([C@@H](C)C(=O)Nc3cncc(-c4cnc(C(F)(F)F)c(C)c4)n3)CN2)no1. The summed E-state index contributed by atoms with van der Waals surface area (Å²) in [5.74, 6) is 0.286. The molecule has 0 spiro atoms. The minimum atomic E-state index is -4.59. The van der Waals surface area contributed by atoms with Gasteiger partial charge in [0, 0.05) is 24.9 Å². The van der Waals surface area contributed by atoms with E-state index in [-0.39, 0.29) is 47.4 Å². The van der Waals surface area contributed by atoms with Gasteiger partial charge < -0.3 is 25.4 Å². The van der Waals surface area contributed by atoms with Crippen LogP contribution in [-0.2, 0) is 22.3 Å². The molecule has 0 radical (unpaired) electrons. The van der Waals surface area contributed by atoms with E-state index < -0.39 is 29.9 Å². The van der Waals surface area contributed by atoms with Crippen molar-refractivity contribution in [2.24, 2.45) is 0 Å². The van der Waals surface area contributed by atoms with Crippen LogP contribution < -0.4 is 16.0 Å². The molecule has 4 rings (SSSR count). The van der Waals surface area contributed by atoms with Gasteiger partial charge in [0.1, 0.15) is 34.7 Å². The number of aromatic nitrogens is 4. The Labute approximate surface area is 231 Å². The third-order valence-corrected chi connectivity index (χ3v) is 6.19. The Morgan fingerprint density at radius 3 is 2.63 bits per heavy atom. The molecular formula is C25H26F3N9O4. The highest BCUT2D eigenvalue weighted by Crippen LogP contribution is 2.31. The smallest absolute Gasteiger partial charge is 0.361 e. The fourth-order valence-electron chi connectivity index (χ4n) is 4.07. The Morgan fingerprint density at radius 2 is 2.00 bits per heavy atom. The van der Waals surface area contributed by atoms with Gasteiger partial charge in [0.05, 0.1) is 31.3 Å². The zero-order chi connectivity index (χ0) is 29.9. The van der Waals surface area contributed by atoms with Crippen molar-refractivity contribution in [2.75, 3.05) is 19.0 Å². The summed E-state index contributed by atoms with van der Waals surface area (Å²) in [6.45, 7) is 4.72. The van der Waals surface area contributed by atoms with Gasteiger partial charge in [0.25, 0.3) is 0 Å². The topological polar surface area (TPSA) is 158 Å². The van der Waals surface area contributed by atoms with Crippen molar-refractivity contribution in [3.05, 3.63) is 65.0 Å². The number of aryl methyl sites for hydroxylation is 2. The van der Waals surface area contributed by atoms with E-state index in [4.69, 9.17) is 4.52 Å². The normalized spacial score (nSPS) is 14.0. The number of pyridine rings is 1. The first-order valence-electron chi connectivity index (χ1n) is 12.2. The van der Waals surface area contributed by atoms with Gasteiger partial charge in [-0.05, 0) is 32.4 Å². The number of urea groups is 1. The molecule has 3 aromatic heterocycles. The number of nitrogens with zero attached hydrogens (tertiary/aromatic N) is 6. The molecule has 1 atom stereocenters. The predicted molar refractivity (Wildman–Crippen MR) is 137 cm³/mol. The molecule has 0 aromatic carbocycles. The maximum atomic E-state index is 13.1. The zero-order valence-electron chi connectivity index (χ0n) is 22.4. The lowest BCUT2D eigenvalue weighted by molar-refractivity contribution is -0.141. The van der Waals surface area contributed by atoms with Crippen LogP contribution in [-0.4, -0.2) is 67.9 Å². The van der Waals surface area contributed by atoms with E-state index in [0.29, 0.717) is 17.7 Å². The lowest BCUT2D eigenvalue weighted by Crippen LogP contribution is -2.42. The van der Waals surface area contributed by atoms with Gasteiger partial charge in [-0.15, -0.1) is 0 Å². The Kier molecular flexibility index (Phi) is 8.21. The molecule has 3 aromatic rings. The molecule has 0 fully saturated rings. The molecule has 4 heterocycles. The number of rotatable bonds is 8. The maximum Gasteiger partial charge on any atom is 0.433 e. The summed E-state index contributed by atoms with van der Waals surface area (Å²) in [4.78, 5) is 52.2. The van der Waals surface area contributed by atoms with Gasteiger partial charge in [0.15, 0.2) is 12.1 Å². The summed E-state index contributed by atoms with van der Waals surface area (Å²) in [6.07, 6.45) is -0.417. The van der Waals surface area contributed by atoms with Crippen LogP contribution in [0.4, 0.5) is 23.8 Å². The van der Waals surface area contributed by atoms with Gasteiger partial charge in [-0.2, -0.15) is 13.2 Å². The number of carbonyl (C=O) groups is 3. The molecule has 0 unspecified atom stereocenters. The van der Waals surface area contributed by atoms with Crippen molar-refractivity contribution in [1.29, 1.82) is 0 Å². The van der Waals surface area contributed by atoms with Crippen LogP contribution in [0.2, 0.25) is 0 Å². The molecule has 1 aliphatic rings. The van der Waals surface area contributed by atoms with Crippen LogP contribution in [0.1, 0.15) is 29.6 Å². The summed E-state index contributed by atoms with van der Waals surface area (Å²) < 4.78 is 44.1. The molecule has 16 heteroatoms. The second kappa shape index (κ2) is 11.6. The highest BCUT2D eigenvalue weighted by Gasteiger charge is 2.35. The number of amides is 3. The Bertz CT molecular complexity index is 1510. The molecule has 1 aliphatic heterocycles. The van der Waals surface area contributed by atoms with Crippen molar-refractivity contribution in [3.8, 4) is 11.3 Å². The molecule has 216 valence electrons. The zero-order valence-corrected chi connectivity index (χ0v) is 22.4. The quantitative estimate of drug-likeness (QED) is 0.342. The van der Waals surface area contributed by atoms with Crippen LogP contribution >= 0.6 is 0 Å². The van der Waals surface area contributed by atoms with Gasteiger partial charge in [0.2, 0.25) is 5.91 Å². The van der Waals surface area contributed by atoms with E-state index >= 15 is 0 Å². The highest BCUT2D eigenvalue weighted by atomic mass is 19.4. The van der Waals surface area contributed by atoms with Crippen LogP contribution in [0.3, 0.4) is 0 Å². The van der Waals surface area contributed by atoms with Crippen LogP contribution in [0, 0.1) is 13.8 Å². The largest absolute Gasteiger partial charge is 0.433 e. The third kappa shape index (κ3) is 6.42. The molecule has 41 heavy (non-hydrogen) atoms. The molecular weight excluding hydrogens is 547 g/mol. The van der Waals surface area contributed by atoms with Gasteiger partial charge >= 0.3 is 12.2 Å². The Hall–Kier alpha value is -5.02. The van der Waals surface area contributed by atoms with E-state index in [9.17, 15) is 27.6 Å². The Balaban J connectivity index is 1.44. The maximum absolute atomic E-state index is 13.1. The third-order valence-electron chi connectivity index (χ3n) is 6.19. The number of carbonyl (C=O) groups excluding carboxylic acids is 3. The van der Waals surface area contributed by atoms with Crippen molar-refractivity contribution in [3.63, 3.8) is 0 Å². The molecule has 0 aliphatic carbocycles. The van der Waals surface area contributed by atoms with Gasteiger partial charge in [-0.25, -0.2) is 9.78 Å². The number of nitrogens with one attached hydrogen (secondary N) is 3. The fraction of sp³-hybridized carbons (Fsp3) is 0.320. The number of allylic oxidation sites excluding steroid dienone is 1. The monoisotopic (exact) mass is 573 g/mol. The molecule has 3 N–H and O–H groups in total. The first-order valence-corrected chi connectivity index (χ1v) is 12.2. The van der Waals surface area contributed by atoms with Crippen molar-refractivity contribution in [1.82, 2.24) is 40.5 Å². The number of alkyl halides is 3. The van der Waals surface area contributed by atoms with Crippen LogP contribution in [0.25, 0.3) is 11.3 Å². The highest BCUT2D eigenvalue weighted by molar-refractivity contribution is 5.95. The fourth-order valence-corrected chi connectivity index (χ4v) is 4.07. The molecule has 0 bridgehead atoms. The number of hydrogen-bond donors (Lipinski definition) is 3. The van der Waals surface area contributed by atoms with Crippen LogP contribution in [0.15, 0.2) is 46.8 Å². The van der Waals surface area contributed by atoms with E-state index in [2.05, 4.69) is 36.1 Å². The minimum absolute atomic E-state index is 0.0421. The van der Waals surface area contributed by atoms with E-state index in [1.807, 2.05) is 0 Å². The van der Waals surface area contributed by atoms with E-state index in [1.165, 1.54) is 42.2 Å². The first kappa shape index (κ1) is 29.0. The second-order valence-electron chi connectivity index (χ2n) is 9.15. The van der Waals surface area contributed by atoms with E-state index in [0.717, 1.165) is 6.20 Å². The number of anilines is 1. The average Bonchev–Trinajstić information content (AvgIpc) is 3.55. The summed E-state index contributed by atoms with van der Waals surface area (Å²) >= 11 is 0. The number of aldehydes is 1. The summed E-state index contributed by atoms with van der Waals surface area (Å²) in [5, 5.41) is 12.0. The Morgan fingerprint density at radius 1 is 1.24 bits per heavy atom. The lowest BCUT2D eigenvalue weighted by atomic mass is 10.1. The second-order valence-corrected chi connectivity index (χ2v) is 9.15. The van der Waals surface area contributed by atoms with Crippen molar-refractivity contribution in [2.45, 2.75) is 39.5 Å². The van der Waals surface area contributed by atoms with E-state index in [1.54, 1.807) is 19.9 Å². The van der Waals surface area contributed by atoms with Crippen molar-refractivity contribution >= 4 is 24.0 Å². The lowest BCUT2D eigenvalue weighted by Gasteiger charge is -2.25. The summed E-state index contributed by atoms with van der Waals surface area (Å²) in [7, 11) is 1.46. The van der Waals surface area contributed by atoms with Crippen molar-refractivity contribution < 1.29 is 32.1 Å². The molecule has 13 nitrogen and oxygen atoms in total. The van der Waals surface area contributed by atoms with Crippen LogP contribution in [0.5, 0.6) is 0 Å². The summed E-state index contributed by atoms with van der Waals surface area (Å²) in [5.41, 5.74) is -0.000166. The van der Waals surface area contributed by atoms with Gasteiger partial charge in [-0.3, -0.25) is 24.5 Å². The summed E-state index contributed by atoms with van der Waals surface area (Å²) in [6, 6.07) is 1.54. The molecule has 3 amide bonds. The number of hydrogen-bond acceptors (Lipinski definition) is 10. The molecule has 0 saturated carbocycles. The predicted octanol–water partition coefficient (Wildman–Crippen LogP) is 2.56. The standard InChI is InChI=1S/C25H26F3N9O4/c1-13-5-16(7-30-21(13)25(26,27)28)18-9-29-10-20(33-18)34-23(39)15(3)37-12-32-22(19(37)11-38)36(4)24(40)31-8-17-6-14(2)41-35-17/h5-7,9-11,15,32H,8,12H2,1-4H3,(H,31,40)(H,33,34,39)/t15-/m0/s1. The minimum Gasteiger partial charge on any atom is -0.361 e. The number of halogens is 3.